The number of hydrogen-bond donors (Lipinski definition) is 1. The van der Waals surface area contributed by atoms with Gasteiger partial charge in [0.25, 0.3) is 5.91 Å². The van der Waals surface area contributed by atoms with Gasteiger partial charge in [-0.05, 0) is 43.5 Å². The van der Waals surface area contributed by atoms with Crippen LogP contribution in [0.2, 0.25) is 0 Å². The van der Waals surface area contributed by atoms with Crippen molar-refractivity contribution in [1.29, 1.82) is 0 Å². The maximum atomic E-state index is 13.1. The molecule has 132 valence electrons. The number of nitrogens with one attached hydrogen (secondary N) is 1. The first-order chi connectivity index (χ1) is 12.7. The third-order valence-electron chi connectivity index (χ3n) is 4.71. The first kappa shape index (κ1) is 16.4. The summed E-state index contributed by atoms with van der Waals surface area (Å²) in [6.45, 7) is 0.655. The van der Waals surface area contributed by atoms with Gasteiger partial charge in [0.1, 0.15) is 11.6 Å². The molecule has 0 spiro atoms. The molecule has 1 unspecified atom stereocenters. The molecule has 6 heteroatoms. The van der Waals surface area contributed by atoms with Gasteiger partial charge in [-0.25, -0.2) is 9.37 Å². The summed E-state index contributed by atoms with van der Waals surface area (Å²) in [5.74, 6) is 0.867. The number of aromatic amines is 1. The molecule has 0 saturated carbocycles. The molecular formula is C20H19FN4O. The van der Waals surface area contributed by atoms with Crippen LogP contribution in [0.15, 0.2) is 54.6 Å². The minimum absolute atomic E-state index is 0.104. The van der Waals surface area contributed by atoms with Gasteiger partial charge in [0, 0.05) is 17.7 Å². The fourth-order valence-electron chi connectivity index (χ4n) is 3.36. The lowest BCUT2D eigenvalue weighted by atomic mass is 10.00. The van der Waals surface area contributed by atoms with Crippen molar-refractivity contribution >= 4 is 5.91 Å². The normalized spacial score (nSPS) is 17.3. The van der Waals surface area contributed by atoms with Crippen molar-refractivity contribution in [3.63, 3.8) is 0 Å². The summed E-state index contributed by atoms with van der Waals surface area (Å²) in [6, 6.07) is 15.3. The molecule has 1 saturated heterocycles. The van der Waals surface area contributed by atoms with E-state index in [0.717, 1.165) is 24.8 Å². The van der Waals surface area contributed by atoms with Crippen molar-refractivity contribution < 1.29 is 9.18 Å². The molecule has 1 aliphatic heterocycles. The molecule has 0 aliphatic carbocycles. The van der Waals surface area contributed by atoms with Gasteiger partial charge in [-0.2, -0.15) is 5.10 Å². The average molecular weight is 350 g/mol. The molecule has 1 atom stereocenters. The fourth-order valence-corrected chi connectivity index (χ4v) is 3.36. The summed E-state index contributed by atoms with van der Waals surface area (Å²) in [6.07, 6.45) is 2.80. The number of hydrogen-bond acceptors (Lipinski definition) is 3. The van der Waals surface area contributed by atoms with Crippen molar-refractivity contribution in [1.82, 2.24) is 20.1 Å². The van der Waals surface area contributed by atoms with Gasteiger partial charge in [-0.1, -0.05) is 30.3 Å². The van der Waals surface area contributed by atoms with Crippen molar-refractivity contribution in [3.05, 3.63) is 71.8 Å². The van der Waals surface area contributed by atoms with Gasteiger partial charge >= 0.3 is 0 Å². The molecule has 3 aromatic rings. The Morgan fingerprint density at radius 1 is 1.08 bits per heavy atom. The molecule has 1 amide bonds. The highest BCUT2D eigenvalue weighted by molar-refractivity contribution is 5.94. The minimum Gasteiger partial charge on any atom is -0.328 e. The fraction of sp³-hybridized carbons (Fsp3) is 0.250. The number of likely N-dealkylation sites (tertiary alicyclic amines) is 1. The van der Waals surface area contributed by atoms with Gasteiger partial charge < -0.3 is 4.90 Å². The van der Waals surface area contributed by atoms with Crippen molar-refractivity contribution in [2.24, 2.45) is 0 Å². The van der Waals surface area contributed by atoms with E-state index in [-0.39, 0.29) is 17.8 Å². The summed E-state index contributed by atoms with van der Waals surface area (Å²) in [5.41, 5.74) is 1.42. The van der Waals surface area contributed by atoms with E-state index in [0.29, 0.717) is 23.8 Å². The van der Waals surface area contributed by atoms with Crippen LogP contribution in [0.5, 0.6) is 0 Å². The predicted molar refractivity (Wildman–Crippen MR) is 95.8 cm³/mol. The number of rotatable bonds is 3. The highest BCUT2D eigenvalue weighted by atomic mass is 19.1. The van der Waals surface area contributed by atoms with Crippen LogP contribution < -0.4 is 0 Å². The van der Waals surface area contributed by atoms with Gasteiger partial charge in [0.15, 0.2) is 5.82 Å². The Labute approximate surface area is 150 Å². The van der Waals surface area contributed by atoms with Gasteiger partial charge in [0.05, 0.1) is 6.04 Å². The summed E-state index contributed by atoms with van der Waals surface area (Å²) in [4.78, 5) is 19.3. The number of halogens is 1. The molecule has 5 nitrogen and oxygen atoms in total. The first-order valence-electron chi connectivity index (χ1n) is 8.76. The lowest BCUT2D eigenvalue weighted by molar-refractivity contribution is 0.0600. The van der Waals surface area contributed by atoms with E-state index < -0.39 is 0 Å². The quantitative estimate of drug-likeness (QED) is 0.777. The Morgan fingerprint density at radius 3 is 2.62 bits per heavy atom. The number of carbonyl (C=O) groups is 1. The van der Waals surface area contributed by atoms with E-state index in [4.69, 9.17) is 0 Å². The summed E-state index contributed by atoms with van der Waals surface area (Å²) < 4.78 is 13.1. The van der Waals surface area contributed by atoms with Crippen LogP contribution in [-0.4, -0.2) is 32.5 Å². The highest BCUT2D eigenvalue weighted by Gasteiger charge is 2.31. The molecule has 1 N–H and O–H groups in total. The third kappa shape index (κ3) is 3.22. The predicted octanol–water partition coefficient (Wildman–Crippen LogP) is 3.98. The number of carbonyl (C=O) groups excluding carboxylic acids is 1. The van der Waals surface area contributed by atoms with Crippen molar-refractivity contribution in [2.45, 2.75) is 25.3 Å². The third-order valence-corrected chi connectivity index (χ3v) is 4.71. The number of piperidine rings is 1. The number of aromatic nitrogens is 3. The standard InChI is InChI=1S/C20H19FN4O/c21-16-11-9-15(10-12-16)20(26)25-13-5-4-8-17(25)19-22-18(23-24-19)14-6-2-1-3-7-14/h1-3,6-7,9-12,17H,4-5,8,13H2,(H,22,23,24). The van der Waals surface area contributed by atoms with E-state index in [1.54, 1.807) is 0 Å². The number of nitrogens with zero attached hydrogens (tertiary/aromatic N) is 3. The van der Waals surface area contributed by atoms with E-state index in [1.165, 1.54) is 24.3 Å². The second-order valence-corrected chi connectivity index (χ2v) is 6.43. The summed E-state index contributed by atoms with van der Waals surface area (Å²) in [7, 11) is 0. The van der Waals surface area contributed by atoms with Gasteiger partial charge in [0.2, 0.25) is 0 Å². The summed E-state index contributed by atoms with van der Waals surface area (Å²) >= 11 is 0. The Morgan fingerprint density at radius 2 is 1.85 bits per heavy atom. The highest BCUT2D eigenvalue weighted by Crippen LogP contribution is 2.31. The molecule has 0 radical (unpaired) electrons. The largest absolute Gasteiger partial charge is 0.328 e. The molecule has 26 heavy (non-hydrogen) atoms. The van der Waals surface area contributed by atoms with Crippen LogP contribution in [0.1, 0.15) is 41.5 Å². The molecule has 1 aromatic heterocycles. The van der Waals surface area contributed by atoms with Crippen molar-refractivity contribution in [3.8, 4) is 11.4 Å². The van der Waals surface area contributed by atoms with Crippen molar-refractivity contribution in [2.75, 3.05) is 6.54 Å². The maximum Gasteiger partial charge on any atom is 0.254 e. The lowest BCUT2D eigenvalue weighted by Gasteiger charge is -2.34. The van der Waals surface area contributed by atoms with Gasteiger partial charge in [-0.3, -0.25) is 9.89 Å². The van der Waals surface area contributed by atoms with Crippen LogP contribution in [0, 0.1) is 5.82 Å². The van der Waals surface area contributed by atoms with Crippen LogP contribution in [0.3, 0.4) is 0 Å². The first-order valence-corrected chi connectivity index (χ1v) is 8.76. The average Bonchev–Trinajstić information content (AvgIpc) is 3.19. The van der Waals surface area contributed by atoms with E-state index in [2.05, 4.69) is 15.2 Å². The molecule has 2 heterocycles. The number of amides is 1. The van der Waals surface area contributed by atoms with Gasteiger partial charge in [-0.15, -0.1) is 0 Å². The zero-order chi connectivity index (χ0) is 17.9. The van der Waals surface area contributed by atoms with Crippen LogP contribution in [0.4, 0.5) is 4.39 Å². The minimum atomic E-state index is -0.348. The number of benzene rings is 2. The molecule has 2 aromatic carbocycles. The number of H-pyrrole nitrogens is 1. The SMILES string of the molecule is O=C(c1ccc(F)cc1)N1CCCCC1c1nc(-c2ccccc2)n[nH]1. The maximum absolute atomic E-state index is 13.1. The topological polar surface area (TPSA) is 61.9 Å². The second kappa shape index (κ2) is 7.07. The molecule has 1 aliphatic rings. The van der Waals surface area contributed by atoms with E-state index >= 15 is 0 Å². The Hall–Kier alpha value is -3.02. The Bertz CT molecular complexity index is 892. The summed E-state index contributed by atoms with van der Waals surface area (Å²) in [5, 5.41) is 7.32. The molecule has 1 fully saturated rings. The monoisotopic (exact) mass is 350 g/mol. The smallest absolute Gasteiger partial charge is 0.254 e. The second-order valence-electron chi connectivity index (χ2n) is 6.43. The zero-order valence-corrected chi connectivity index (χ0v) is 14.2. The van der Waals surface area contributed by atoms with E-state index in [9.17, 15) is 9.18 Å². The molecule has 0 bridgehead atoms. The molecule has 4 rings (SSSR count). The Balaban J connectivity index is 1.61. The molecular weight excluding hydrogens is 331 g/mol. The van der Waals surface area contributed by atoms with E-state index in [1.807, 2.05) is 35.2 Å². The lowest BCUT2D eigenvalue weighted by Crippen LogP contribution is -2.39. The zero-order valence-electron chi connectivity index (χ0n) is 14.2. The van der Waals surface area contributed by atoms with Crippen LogP contribution in [-0.2, 0) is 0 Å². The Kier molecular flexibility index (Phi) is 4.48. The van der Waals surface area contributed by atoms with Crippen LogP contribution >= 0.6 is 0 Å². The van der Waals surface area contributed by atoms with Crippen LogP contribution in [0.25, 0.3) is 11.4 Å².